The molecule has 0 spiro atoms. The Morgan fingerprint density at radius 2 is 1.67 bits per heavy atom. The molecular weight excluding hydrogens is 220 g/mol. The molecule has 0 amide bonds. The van der Waals surface area contributed by atoms with Crippen molar-refractivity contribution in [2.24, 2.45) is 5.41 Å². The molecule has 1 atom stereocenters. The fourth-order valence-electron chi connectivity index (χ4n) is 2.09. The van der Waals surface area contributed by atoms with Crippen LogP contribution in [0.25, 0.3) is 6.08 Å². The molecule has 0 N–H and O–H groups in total. The van der Waals surface area contributed by atoms with Crippen LogP contribution in [0.3, 0.4) is 0 Å². The van der Waals surface area contributed by atoms with Gasteiger partial charge in [0.1, 0.15) is 11.9 Å². The molecule has 1 heterocycles. The van der Waals surface area contributed by atoms with E-state index in [0.717, 1.165) is 5.75 Å². The van der Waals surface area contributed by atoms with E-state index in [0.29, 0.717) is 0 Å². The molecule has 1 aromatic carbocycles. The van der Waals surface area contributed by atoms with E-state index in [9.17, 15) is 0 Å². The predicted octanol–water partition coefficient (Wildman–Crippen LogP) is 4.80. The van der Waals surface area contributed by atoms with E-state index in [-0.39, 0.29) is 16.9 Å². The number of ether oxygens (including phenoxy) is 1. The molecule has 0 saturated carbocycles. The lowest BCUT2D eigenvalue weighted by molar-refractivity contribution is 0.126. The first-order valence-corrected chi connectivity index (χ1v) is 6.67. The molecule has 1 unspecified atom stereocenters. The van der Waals surface area contributed by atoms with E-state index in [2.05, 4.69) is 71.9 Å². The van der Waals surface area contributed by atoms with E-state index in [4.69, 9.17) is 4.74 Å². The van der Waals surface area contributed by atoms with Gasteiger partial charge in [-0.05, 0) is 29.2 Å². The molecule has 18 heavy (non-hydrogen) atoms. The largest absolute Gasteiger partial charge is 0.485 e. The highest BCUT2D eigenvalue weighted by molar-refractivity contribution is 5.61. The van der Waals surface area contributed by atoms with Crippen LogP contribution in [0.5, 0.6) is 5.75 Å². The lowest BCUT2D eigenvalue weighted by Gasteiger charge is -2.32. The minimum atomic E-state index is 0.136. The van der Waals surface area contributed by atoms with Gasteiger partial charge in [0.15, 0.2) is 0 Å². The highest BCUT2D eigenvalue weighted by Gasteiger charge is 2.27. The fraction of sp³-hybridized carbons (Fsp3) is 0.529. The van der Waals surface area contributed by atoms with Gasteiger partial charge in [-0.25, -0.2) is 0 Å². The molecule has 0 bridgehead atoms. The van der Waals surface area contributed by atoms with Gasteiger partial charge in [-0.3, -0.25) is 0 Å². The second-order valence-electron chi connectivity index (χ2n) is 7.27. The molecule has 1 aliphatic rings. The van der Waals surface area contributed by atoms with Crippen LogP contribution in [0.4, 0.5) is 0 Å². The number of rotatable bonds is 0. The maximum Gasteiger partial charge on any atom is 0.127 e. The molecule has 1 aromatic rings. The zero-order valence-electron chi connectivity index (χ0n) is 12.4. The Morgan fingerprint density at radius 3 is 2.22 bits per heavy atom. The summed E-state index contributed by atoms with van der Waals surface area (Å²) in [5.41, 5.74) is 2.87. The molecule has 0 radical (unpaired) electrons. The maximum absolute atomic E-state index is 6.08. The van der Waals surface area contributed by atoms with Gasteiger partial charge in [-0.2, -0.15) is 0 Å². The highest BCUT2D eigenvalue weighted by Crippen LogP contribution is 2.35. The second kappa shape index (κ2) is 4.15. The van der Waals surface area contributed by atoms with E-state index >= 15 is 0 Å². The summed E-state index contributed by atoms with van der Waals surface area (Å²) in [6.07, 6.45) is 4.53. The van der Waals surface area contributed by atoms with Crippen molar-refractivity contribution >= 4 is 6.08 Å². The van der Waals surface area contributed by atoms with Crippen molar-refractivity contribution in [1.82, 2.24) is 0 Å². The molecule has 1 heteroatoms. The summed E-state index contributed by atoms with van der Waals surface area (Å²) >= 11 is 0. The van der Waals surface area contributed by atoms with E-state index < -0.39 is 0 Å². The van der Waals surface area contributed by atoms with Crippen molar-refractivity contribution in [1.29, 1.82) is 0 Å². The smallest absolute Gasteiger partial charge is 0.127 e. The van der Waals surface area contributed by atoms with Crippen molar-refractivity contribution in [2.45, 2.75) is 53.1 Å². The Morgan fingerprint density at radius 1 is 1.00 bits per heavy atom. The lowest BCUT2D eigenvalue weighted by Crippen LogP contribution is -2.31. The Labute approximate surface area is 111 Å². The number of fused-ring (bicyclic) bond motifs is 1. The first-order valence-electron chi connectivity index (χ1n) is 6.67. The molecule has 0 aromatic heterocycles. The average molecular weight is 244 g/mol. The summed E-state index contributed by atoms with van der Waals surface area (Å²) in [7, 11) is 0. The summed E-state index contributed by atoms with van der Waals surface area (Å²) in [4.78, 5) is 0. The Bertz CT molecular complexity index is 469. The molecule has 0 fully saturated rings. The molecule has 0 saturated heterocycles. The van der Waals surface area contributed by atoms with Crippen LogP contribution in [0.15, 0.2) is 24.3 Å². The molecule has 1 aliphatic heterocycles. The van der Waals surface area contributed by atoms with Crippen molar-refractivity contribution < 1.29 is 4.74 Å². The summed E-state index contributed by atoms with van der Waals surface area (Å²) in [6, 6.07) is 6.53. The normalized spacial score (nSPS) is 19.3. The molecular formula is C17H24O. The maximum atomic E-state index is 6.08. The van der Waals surface area contributed by atoms with Crippen LogP contribution < -0.4 is 4.74 Å². The van der Waals surface area contributed by atoms with Crippen molar-refractivity contribution in [3.8, 4) is 5.75 Å². The van der Waals surface area contributed by atoms with Crippen LogP contribution in [0.1, 0.15) is 52.7 Å². The lowest BCUT2D eigenvalue weighted by atomic mass is 9.84. The Kier molecular flexibility index (Phi) is 3.04. The van der Waals surface area contributed by atoms with Crippen molar-refractivity contribution in [2.75, 3.05) is 0 Å². The van der Waals surface area contributed by atoms with Gasteiger partial charge in [0.05, 0.1) is 0 Å². The number of hydrogen-bond donors (Lipinski definition) is 0. The number of hydrogen-bond acceptors (Lipinski definition) is 1. The third kappa shape index (κ3) is 2.60. The van der Waals surface area contributed by atoms with Gasteiger partial charge < -0.3 is 4.74 Å². The highest BCUT2D eigenvalue weighted by atomic mass is 16.5. The van der Waals surface area contributed by atoms with E-state index in [1.807, 2.05) is 0 Å². The minimum Gasteiger partial charge on any atom is -0.485 e. The standard InChI is InChI=1S/C17H24O/c1-16(2,3)13-8-9-14-12(11-13)7-10-15(18-14)17(4,5)6/h7-11,15H,1-6H3. The van der Waals surface area contributed by atoms with Crippen molar-refractivity contribution in [3.05, 3.63) is 35.4 Å². The SMILES string of the molecule is CC(C)(C)c1ccc2c(c1)C=CC(C(C)(C)C)O2. The fourth-order valence-corrected chi connectivity index (χ4v) is 2.09. The molecule has 0 aliphatic carbocycles. The van der Waals surface area contributed by atoms with Crippen LogP contribution in [-0.2, 0) is 5.41 Å². The molecule has 1 nitrogen and oxygen atoms in total. The minimum absolute atomic E-state index is 0.136. The van der Waals surface area contributed by atoms with E-state index in [1.54, 1.807) is 0 Å². The first kappa shape index (κ1) is 13.2. The second-order valence-corrected chi connectivity index (χ2v) is 7.27. The van der Waals surface area contributed by atoms with Gasteiger partial charge in [0.25, 0.3) is 0 Å². The zero-order valence-corrected chi connectivity index (χ0v) is 12.4. The third-order valence-electron chi connectivity index (χ3n) is 3.43. The quantitative estimate of drug-likeness (QED) is 0.636. The summed E-state index contributed by atoms with van der Waals surface area (Å²) in [6.45, 7) is 13.3. The third-order valence-corrected chi connectivity index (χ3v) is 3.43. The van der Waals surface area contributed by atoms with Crippen LogP contribution in [-0.4, -0.2) is 6.10 Å². The van der Waals surface area contributed by atoms with Gasteiger partial charge in [-0.1, -0.05) is 53.7 Å². The average Bonchev–Trinajstić information content (AvgIpc) is 2.25. The van der Waals surface area contributed by atoms with Crippen LogP contribution in [0, 0.1) is 5.41 Å². The van der Waals surface area contributed by atoms with Crippen LogP contribution >= 0.6 is 0 Å². The molecule has 98 valence electrons. The van der Waals surface area contributed by atoms with Crippen molar-refractivity contribution in [3.63, 3.8) is 0 Å². The summed E-state index contributed by atoms with van der Waals surface area (Å²) in [5, 5.41) is 0. The first-order chi connectivity index (χ1) is 8.18. The van der Waals surface area contributed by atoms with Gasteiger partial charge in [-0.15, -0.1) is 0 Å². The van der Waals surface area contributed by atoms with Gasteiger partial charge in [0.2, 0.25) is 0 Å². The molecule has 2 rings (SSSR count). The summed E-state index contributed by atoms with van der Waals surface area (Å²) < 4.78 is 6.08. The monoisotopic (exact) mass is 244 g/mol. The topological polar surface area (TPSA) is 9.23 Å². The number of benzene rings is 1. The predicted molar refractivity (Wildman–Crippen MR) is 78.0 cm³/mol. The Balaban J connectivity index is 2.33. The van der Waals surface area contributed by atoms with Crippen LogP contribution in [0.2, 0.25) is 0 Å². The Hall–Kier alpha value is -1.24. The van der Waals surface area contributed by atoms with Gasteiger partial charge >= 0.3 is 0 Å². The van der Waals surface area contributed by atoms with Gasteiger partial charge in [0, 0.05) is 11.0 Å². The van der Waals surface area contributed by atoms with E-state index in [1.165, 1.54) is 11.1 Å². The zero-order chi connectivity index (χ0) is 13.6. The summed E-state index contributed by atoms with van der Waals surface area (Å²) in [5.74, 6) is 1.01.